The first-order valence-electron chi connectivity index (χ1n) is 3.68. The Morgan fingerprint density at radius 1 is 1.58 bits per heavy atom. The molecule has 0 aliphatic carbocycles. The number of nitrogen functional groups attached to an aromatic ring is 1. The molecule has 0 aliphatic heterocycles. The maximum atomic E-state index is 11.3. The van der Waals surface area contributed by atoms with Gasteiger partial charge in [0.05, 0.1) is 5.56 Å². The summed E-state index contributed by atoms with van der Waals surface area (Å²) in [7, 11) is 0. The molecule has 0 saturated carbocycles. The van der Waals surface area contributed by atoms with E-state index in [0.29, 0.717) is 24.2 Å². The van der Waals surface area contributed by atoms with Crippen LogP contribution in [-0.2, 0) is 0 Å². The minimum Gasteiger partial charge on any atom is -0.398 e. The van der Waals surface area contributed by atoms with Gasteiger partial charge in [-0.3, -0.25) is 9.78 Å². The fourth-order valence-corrected chi connectivity index (χ4v) is 0.904. The molecule has 0 aromatic carbocycles. The summed E-state index contributed by atoms with van der Waals surface area (Å²) in [5.74, 6) is -0.0527. The zero-order chi connectivity index (χ0) is 8.97. The zero-order valence-electron chi connectivity index (χ0n) is 6.66. The Kier molecular flexibility index (Phi) is 2.76. The lowest BCUT2D eigenvalue weighted by Gasteiger charge is -2.01. The van der Waals surface area contributed by atoms with Gasteiger partial charge in [-0.15, -0.1) is 0 Å². The number of nitrogens with two attached hydrogens (primary N) is 2. The van der Waals surface area contributed by atoms with E-state index in [1.54, 1.807) is 12.3 Å². The number of rotatable bonds is 3. The number of ketones is 1. The Bertz CT molecular complexity index is 285. The predicted molar refractivity (Wildman–Crippen MR) is 46.7 cm³/mol. The van der Waals surface area contributed by atoms with Gasteiger partial charge in [-0.25, -0.2) is 0 Å². The van der Waals surface area contributed by atoms with Crippen LogP contribution in [0.15, 0.2) is 18.5 Å². The molecule has 0 atom stereocenters. The van der Waals surface area contributed by atoms with Crippen molar-refractivity contribution in [2.24, 2.45) is 5.73 Å². The summed E-state index contributed by atoms with van der Waals surface area (Å²) in [6.45, 7) is 0.340. The number of pyridine rings is 1. The second-order valence-corrected chi connectivity index (χ2v) is 2.42. The van der Waals surface area contributed by atoms with Gasteiger partial charge < -0.3 is 11.5 Å². The Hall–Kier alpha value is -1.42. The van der Waals surface area contributed by atoms with Gasteiger partial charge in [-0.1, -0.05) is 0 Å². The molecule has 4 nitrogen and oxygen atoms in total. The van der Waals surface area contributed by atoms with E-state index in [4.69, 9.17) is 11.5 Å². The van der Waals surface area contributed by atoms with Crippen molar-refractivity contribution in [2.75, 3.05) is 12.3 Å². The first-order valence-corrected chi connectivity index (χ1v) is 3.68. The average Bonchev–Trinajstić information content (AvgIpc) is 2.05. The molecule has 0 aliphatic rings. The van der Waals surface area contributed by atoms with Gasteiger partial charge in [-0.05, 0) is 12.6 Å². The molecule has 4 N–H and O–H groups in total. The molecular formula is C8H11N3O. The van der Waals surface area contributed by atoms with Crippen molar-refractivity contribution in [3.05, 3.63) is 24.0 Å². The van der Waals surface area contributed by atoms with Crippen LogP contribution in [0, 0.1) is 0 Å². The van der Waals surface area contributed by atoms with Crippen molar-refractivity contribution in [1.29, 1.82) is 0 Å². The highest BCUT2D eigenvalue weighted by Crippen LogP contribution is 2.10. The lowest BCUT2D eigenvalue weighted by atomic mass is 10.1. The number of hydrogen-bond acceptors (Lipinski definition) is 4. The highest BCUT2D eigenvalue weighted by atomic mass is 16.1. The monoisotopic (exact) mass is 165 g/mol. The Labute approximate surface area is 70.6 Å². The van der Waals surface area contributed by atoms with E-state index in [0.717, 1.165) is 0 Å². The van der Waals surface area contributed by atoms with E-state index in [1.165, 1.54) is 6.20 Å². The molecule has 1 heterocycles. The van der Waals surface area contributed by atoms with Crippen LogP contribution in [0.5, 0.6) is 0 Å². The molecule has 0 unspecified atom stereocenters. The predicted octanol–water partition coefficient (Wildman–Crippen LogP) is 0.195. The van der Waals surface area contributed by atoms with Crippen molar-refractivity contribution in [3.8, 4) is 0 Å². The summed E-state index contributed by atoms with van der Waals surface area (Å²) in [4.78, 5) is 15.1. The van der Waals surface area contributed by atoms with Crippen LogP contribution in [0.1, 0.15) is 16.8 Å². The third-order valence-electron chi connectivity index (χ3n) is 1.53. The number of anilines is 1. The molecule has 1 aromatic heterocycles. The molecule has 1 rings (SSSR count). The van der Waals surface area contributed by atoms with E-state index in [1.807, 2.05) is 0 Å². The molecule has 1 aromatic rings. The van der Waals surface area contributed by atoms with Crippen LogP contribution < -0.4 is 11.5 Å². The second-order valence-electron chi connectivity index (χ2n) is 2.42. The van der Waals surface area contributed by atoms with Crippen molar-refractivity contribution in [1.82, 2.24) is 4.98 Å². The van der Waals surface area contributed by atoms with E-state index in [2.05, 4.69) is 4.98 Å². The summed E-state index contributed by atoms with van der Waals surface area (Å²) in [5.41, 5.74) is 11.7. The summed E-state index contributed by atoms with van der Waals surface area (Å²) in [6, 6.07) is 1.60. The Morgan fingerprint density at radius 2 is 2.33 bits per heavy atom. The molecule has 0 radical (unpaired) electrons. The lowest BCUT2D eigenvalue weighted by Crippen LogP contribution is -2.10. The van der Waals surface area contributed by atoms with Crippen molar-refractivity contribution in [3.63, 3.8) is 0 Å². The number of Topliss-reactive ketones (excluding diaryl/α,β-unsaturated/α-hetero) is 1. The van der Waals surface area contributed by atoms with Crippen LogP contribution in [0.2, 0.25) is 0 Å². The molecule has 64 valence electrons. The van der Waals surface area contributed by atoms with Crippen LogP contribution in [-0.4, -0.2) is 17.3 Å². The van der Waals surface area contributed by atoms with Gasteiger partial charge in [0.15, 0.2) is 5.78 Å². The number of carbonyl (C=O) groups excluding carboxylic acids is 1. The molecule has 0 spiro atoms. The SMILES string of the molecule is NCCC(=O)c1cnccc1N. The van der Waals surface area contributed by atoms with Crippen LogP contribution in [0.3, 0.4) is 0 Å². The van der Waals surface area contributed by atoms with E-state index < -0.39 is 0 Å². The minimum absolute atomic E-state index is 0.0527. The molecule has 0 saturated heterocycles. The van der Waals surface area contributed by atoms with Gasteiger partial charge in [0.25, 0.3) is 0 Å². The first kappa shape index (κ1) is 8.67. The highest BCUT2D eigenvalue weighted by Gasteiger charge is 2.07. The van der Waals surface area contributed by atoms with Gasteiger partial charge >= 0.3 is 0 Å². The summed E-state index contributed by atoms with van der Waals surface area (Å²) < 4.78 is 0. The maximum absolute atomic E-state index is 11.3. The molecule has 0 amide bonds. The van der Waals surface area contributed by atoms with Crippen molar-refractivity contribution < 1.29 is 4.79 Å². The third-order valence-corrected chi connectivity index (χ3v) is 1.53. The summed E-state index contributed by atoms with van der Waals surface area (Å²) in [5, 5.41) is 0. The second kappa shape index (κ2) is 3.82. The van der Waals surface area contributed by atoms with E-state index in [9.17, 15) is 4.79 Å². The molecule has 0 bridgehead atoms. The van der Waals surface area contributed by atoms with Crippen LogP contribution in [0.4, 0.5) is 5.69 Å². The molecule has 0 fully saturated rings. The molecular weight excluding hydrogens is 154 g/mol. The fourth-order valence-electron chi connectivity index (χ4n) is 0.904. The van der Waals surface area contributed by atoms with Crippen molar-refractivity contribution in [2.45, 2.75) is 6.42 Å². The average molecular weight is 165 g/mol. The fraction of sp³-hybridized carbons (Fsp3) is 0.250. The quantitative estimate of drug-likeness (QED) is 0.626. The minimum atomic E-state index is -0.0527. The van der Waals surface area contributed by atoms with E-state index >= 15 is 0 Å². The van der Waals surface area contributed by atoms with Gasteiger partial charge in [-0.2, -0.15) is 0 Å². The standard InChI is InChI=1S/C8H11N3O/c9-3-1-8(12)6-5-11-4-2-7(6)10/h2,4-5H,1,3,9H2,(H2,10,11). The highest BCUT2D eigenvalue weighted by molar-refractivity contribution is 6.00. The summed E-state index contributed by atoms with van der Waals surface area (Å²) >= 11 is 0. The normalized spacial score (nSPS) is 9.75. The maximum Gasteiger partial charge on any atom is 0.167 e. The Morgan fingerprint density at radius 3 is 2.92 bits per heavy atom. The molecule has 12 heavy (non-hydrogen) atoms. The van der Waals surface area contributed by atoms with Gasteiger partial charge in [0.2, 0.25) is 0 Å². The third kappa shape index (κ3) is 1.79. The first-order chi connectivity index (χ1) is 5.75. The van der Waals surface area contributed by atoms with Crippen LogP contribution in [0.25, 0.3) is 0 Å². The topological polar surface area (TPSA) is 82.0 Å². The largest absolute Gasteiger partial charge is 0.398 e. The van der Waals surface area contributed by atoms with E-state index in [-0.39, 0.29) is 5.78 Å². The smallest absolute Gasteiger partial charge is 0.167 e. The number of nitrogens with zero attached hydrogens (tertiary/aromatic N) is 1. The zero-order valence-corrected chi connectivity index (χ0v) is 6.66. The lowest BCUT2D eigenvalue weighted by molar-refractivity contribution is 0.0986. The van der Waals surface area contributed by atoms with Crippen molar-refractivity contribution >= 4 is 11.5 Å². The number of carbonyl (C=O) groups is 1. The summed E-state index contributed by atoms with van der Waals surface area (Å²) in [6.07, 6.45) is 3.33. The number of hydrogen-bond donors (Lipinski definition) is 2. The Balaban J connectivity index is 2.87. The molecule has 4 heteroatoms. The number of aromatic nitrogens is 1. The van der Waals surface area contributed by atoms with Crippen LogP contribution >= 0.6 is 0 Å². The van der Waals surface area contributed by atoms with Gasteiger partial charge in [0, 0.05) is 24.5 Å². The van der Waals surface area contributed by atoms with Gasteiger partial charge in [0.1, 0.15) is 0 Å².